The number of benzene rings is 2. The van der Waals surface area contributed by atoms with E-state index in [9.17, 15) is 31.9 Å². The van der Waals surface area contributed by atoms with Gasteiger partial charge in [0.15, 0.2) is 0 Å². The molecule has 0 fully saturated rings. The van der Waals surface area contributed by atoms with Gasteiger partial charge in [-0.05, 0) is 49.2 Å². The number of amides is 1. The molecular weight excluding hydrogens is 416 g/mol. The van der Waals surface area contributed by atoms with E-state index >= 15 is 0 Å². The van der Waals surface area contributed by atoms with E-state index in [-0.39, 0.29) is 17.4 Å². The second-order valence-corrected chi connectivity index (χ2v) is 7.16. The summed E-state index contributed by atoms with van der Waals surface area (Å²) in [6, 6.07) is 6.47. The molecule has 1 heterocycles. The first-order chi connectivity index (χ1) is 14.5. The number of carbonyl (C=O) groups excluding carboxylic acids is 2. The Labute approximate surface area is 174 Å². The van der Waals surface area contributed by atoms with E-state index in [2.05, 4.69) is 5.32 Å². The van der Waals surface area contributed by atoms with Crippen LogP contribution in [0.15, 0.2) is 47.4 Å². The minimum Gasteiger partial charge on any atom is -0.325 e. The topological polar surface area (TPSA) is 68.2 Å². The minimum absolute atomic E-state index is 0.0723. The molecule has 0 aliphatic heterocycles. The fourth-order valence-electron chi connectivity index (χ4n) is 3.27. The summed E-state index contributed by atoms with van der Waals surface area (Å²) in [4.78, 5) is 36.2. The Morgan fingerprint density at radius 1 is 1.16 bits per heavy atom. The van der Waals surface area contributed by atoms with Crippen molar-refractivity contribution in [1.29, 1.82) is 0 Å². The van der Waals surface area contributed by atoms with Crippen LogP contribution in [0.4, 0.5) is 23.2 Å². The molecule has 31 heavy (non-hydrogen) atoms. The second kappa shape index (κ2) is 8.33. The summed E-state index contributed by atoms with van der Waals surface area (Å²) in [5.74, 6) is -2.04. The monoisotopic (exact) mass is 434 g/mol. The van der Waals surface area contributed by atoms with Crippen molar-refractivity contribution in [2.75, 3.05) is 5.32 Å². The number of nitrogens with one attached hydrogen (secondary N) is 1. The molecule has 0 radical (unpaired) electrons. The number of aldehydes is 1. The summed E-state index contributed by atoms with van der Waals surface area (Å²) >= 11 is 0. The molecule has 0 saturated carbocycles. The third-order valence-electron chi connectivity index (χ3n) is 4.92. The molecule has 0 aliphatic rings. The molecule has 1 N–H and O–H groups in total. The van der Waals surface area contributed by atoms with Gasteiger partial charge in [0.2, 0.25) is 5.91 Å². The zero-order valence-electron chi connectivity index (χ0n) is 16.6. The molecule has 3 rings (SSSR count). The number of aryl methyl sites for hydroxylation is 1. The number of carbonyl (C=O) groups is 2. The first-order valence-electron chi connectivity index (χ1n) is 9.28. The highest BCUT2D eigenvalue weighted by Crippen LogP contribution is 2.32. The van der Waals surface area contributed by atoms with Crippen molar-refractivity contribution in [2.24, 2.45) is 0 Å². The standard InChI is InChI=1S/C22H18F4N2O3/c1-12-3-5-16-15(7-8-28(21(16)31)13(2)11-29)20(12)27-19(30)10-14-4-6-17(18(23)9-14)22(24,25)26/h3-9,11,13H,10H2,1-2H3,(H,27,30)/t13-/m1/s1. The molecule has 0 spiro atoms. The first-order valence-corrected chi connectivity index (χ1v) is 9.28. The highest BCUT2D eigenvalue weighted by Gasteiger charge is 2.34. The summed E-state index contributed by atoms with van der Waals surface area (Å²) < 4.78 is 53.1. The number of rotatable bonds is 5. The van der Waals surface area contributed by atoms with E-state index in [1.807, 2.05) is 0 Å². The van der Waals surface area contributed by atoms with Crippen molar-refractivity contribution < 1.29 is 27.2 Å². The Hall–Kier alpha value is -3.49. The zero-order chi connectivity index (χ0) is 22.9. The summed E-state index contributed by atoms with van der Waals surface area (Å²) in [7, 11) is 0. The molecule has 3 aromatic rings. The Bertz CT molecular complexity index is 1230. The van der Waals surface area contributed by atoms with Crippen molar-refractivity contribution in [2.45, 2.75) is 32.5 Å². The molecular formula is C22H18F4N2O3. The number of aromatic nitrogens is 1. The van der Waals surface area contributed by atoms with Crippen molar-refractivity contribution in [1.82, 2.24) is 4.57 Å². The molecule has 0 saturated heterocycles. The lowest BCUT2D eigenvalue weighted by atomic mass is 10.0. The van der Waals surface area contributed by atoms with E-state index < -0.39 is 35.1 Å². The van der Waals surface area contributed by atoms with Gasteiger partial charge in [-0.25, -0.2) is 4.39 Å². The minimum atomic E-state index is -4.82. The Kier molecular flexibility index (Phi) is 5.97. The second-order valence-electron chi connectivity index (χ2n) is 7.16. The van der Waals surface area contributed by atoms with Gasteiger partial charge in [0.05, 0.1) is 23.7 Å². The summed E-state index contributed by atoms with van der Waals surface area (Å²) in [5.41, 5.74) is -0.722. The molecule has 162 valence electrons. The largest absolute Gasteiger partial charge is 0.419 e. The van der Waals surface area contributed by atoms with Crippen LogP contribution >= 0.6 is 0 Å². The Balaban J connectivity index is 1.91. The number of halogens is 4. The molecule has 0 bridgehead atoms. The maximum atomic E-state index is 13.8. The number of nitrogens with zero attached hydrogens (tertiary/aromatic N) is 1. The zero-order valence-corrected chi connectivity index (χ0v) is 16.6. The maximum Gasteiger partial charge on any atom is 0.419 e. The average Bonchev–Trinajstić information content (AvgIpc) is 2.69. The summed E-state index contributed by atoms with van der Waals surface area (Å²) in [6.07, 6.45) is -3.10. The van der Waals surface area contributed by atoms with E-state index in [0.29, 0.717) is 35.1 Å². The van der Waals surface area contributed by atoms with Gasteiger partial charge in [0.25, 0.3) is 5.56 Å². The highest BCUT2D eigenvalue weighted by molar-refractivity contribution is 6.03. The van der Waals surface area contributed by atoms with Crippen LogP contribution in [0, 0.1) is 12.7 Å². The SMILES string of the molecule is Cc1ccc2c(=O)n([C@H](C)C=O)ccc2c1NC(=O)Cc1ccc(C(F)(F)F)c(F)c1. The van der Waals surface area contributed by atoms with Crippen LogP contribution in [0.3, 0.4) is 0 Å². The van der Waals surface area contributed by atoms with Crippen LogP contribution in [0.2, 0.25) is 0 Å². The number of fused-ring (bicyclic) bond motifs is 1. The predicted octanol–water partition coefficient (Wildman–Crippen LogP) is 4.41. The van der Waals surface area contributed by atoms with Crippen molar-refractivity contribution in [3.05, 3.63) is 75.5 Å². The van der Waals surface area contributed by atoms with Crippen LogP contribution in [0.1, 0.15) is 29.7 Å². The maximum absolute atomic E-state index is 13.8. The lowest BCUT2D eigenvalue weighted by Crippen LogP contribution is -2.24. The molecule has 9 heteroatoms. The summed E-state index contributed by atoms with van der Waals surface area (Å²) in [6.45, 7) is 3.28. The number of anilines is 1. The van der Waals surface area contributed by atoms with Crippen LogP contribution in [0.25, 0.3) is 10.8 Å². The van der Waals surface area contributed by atoms with Gasteiger partial charge < -0.3 is 14.7 Å². The van der Waals surface area contributed by atoms with Gasteiger partial charge >= 0.3 is 6.18 Å². The molecule has 2 aromatic carbocycles. The van der Waals surface area contributed by atoms with Gasteiger partial charge in [-0.1, -0.05) is 12.1 Å². The summed E-state index contributed by atoms with van der Waals surface area (Å²) in [5, 5.41) is 3.39. The number of hydrogen-bond donors (Lipinski definition) is 1. The molecule has 1 aromatic heterocycles. The van der Waals surface area contributed by atoms with Gasteiger partial charge in [0.1, 0.15) is 12.1 Å². The van der Waals surface area contributed by atoms with Gasteiger partial charge in [0, 0.05) is 17.0 Å². The fourth-order valence-corrected chi connectivity index (χ4v) is 3.27. The molecule has 1 amide bonds. The van der Waals surface area contributed by atoms with E-state index in [4.69, 9.17) is 0 Å². The van der Waals surface area contributed by atoms with Gasteiger partial charge in [-0.3, -0.25) is 9.59 Å². The Morgan fingerprint density at radius 3 is 2.48 bits per heavy atom. The molecule has 1 atom stereocenters. The van der Waals surface area contributed by atoms with E-state index in [1.165, 1.54) is 10.8 Å². The van der Waals surface area contributed by atoms with Crippen molar-refractivity contribution >= 4 is 28.7 Å². The Morgan fingerprint density at radius 2 is 1.87 bits per heavy atom. The average molecular weight is 434 g/mol. The van der Waals surface area contributed by atoms with Crippen LogP contribution in [0.5, 0.6) is 0 Å². The van der Waals surface area contributed by atoms with Gasteiger partial charge in [-0.2, -0.15) is 13.2 Å². The first kappa shape index (κ1) is 22.2. The molecule has 5 nitrogen and oxygen atoms in total. The van der Waals surface area contributed by atoms with Gasteiger partial charge in [-0.15, -0.1) is 0 Å². The number of alkyl halides is 3. The third-order valence-corrected chi connectivity index (χ3v) is 4.92. The predicted molar refractivity (Wildman–Crippen MR) is 107 cm³/mol. The lowest BCUT2D eigenvalue weighted by molar-refractivity contribution is -0.140. The van der Waals surface area contributed by atoms with E-state index in [1.54, 1.807) is 32.0 Å². The lowest BCUT2D eigenvalue weighted by Gasteiger charge is -2.15. The quantitative estimate of drug-likeness (QED) is 0.478. The molecule has 0 unspecified atom stereocenters. The molecule has 0 aliphatic carbocycles. The van der Waals surface area contributed by atoms with Crippen LogP contribution in [-0.4, -0.2) is 16.8 Å². The van der Waals surface area contributed by atoms with E-state index in [0.717, 1.165) is 6.07 Å². The number of hydrogen-bond acceptors (Lipinski definition) is 3. The highest BCUT2D eigenvalue weighted by atomic mass is 19.4. The van der Waals surface area contributed by atoms with Crippen LogP contribution < -0.4 is 10.9 Å². The van der Waals surface area contributed by atoms with Crippen molar-refractivity contribution in [3.63, 3.8) is 0 Å². The van der Waals surface area contributed by atoms with Crippen molar-refractivity contribution in [3.8, 4) is 0 Å². The number of pyridine rings is 1. The smallest absolute Gasteiger partial charge is 0.325 e. The fraction of sp³-hybridized carbons (Fsp3) is 0.227. The van der Waals surface area contributed by atoms with Crippen LogP contribution in [-0.2, 0) is 22.2 Å². The normalized spacial score (nSPS) is 12.6. The third kappa shape index (κ3) is 4.50.